The number of amides is 1. The van der Waals surface area contributed by atoms with E-state index in [2.05, 4.69) is 15.2 Å². The van der Waals surface area contributed by atoms with Gasteiger partial charge in [-0.1, -0.05) is 23.7 Å². The first-order valence-electron chi connectivity index (χ1n) is 8.54. The van der Waals surface area contributed by atoms with Crippen LogP contribution in [-0.2, 0) is 11.3 Å². The second-order valence-electron chi connectivity index (χ2n) is 6.40. The summed E-state index contributed by atoms with van der Waals surface area (Å²) in [6.07, 6.45) is 5.21. The van der Waals surface area contributed by atoms with Gasteiger partial charge in [0.2, 0.25) is 0 Å². The van der Waals surface area contributed by atoms with E-state index in [1.165, 1.54) is 23.7 Å². The van der Waals surface area contributed by atoms with E-state index >= 15 is 0 Å². The number of benzene rings is 1. The maximum absolute atomic E-state index is 13.3. The highest BCUT2D eigenvalue weighted by Crippen LogP contribution is 2.24. The molecule has 0 saturated carbocycles. The van der Waals surface area contributed by atoms with Crippen LogP contribution in [0, 0.1) is 5.82 Å². The average Bonchev–Trinajstić information content (AvgIpc) is 3.08. The number of carbonyl (C=O) groups is 1. The highest BCUT2D eigenvalue weighted by molar-refractivity contribution is 6.33. The van der Waals surface area contributed by atoms with Gasteiger partial charge in [0.15, 0.2) is 0 Å². The molecule has 1 aliphatic heterocycles. The number of carbonyl (C=O) groups excluding carboxylic acids is 1. The zero-order valence-electron chi connectivity index (χ0n) is 14.5. The number of hydroxylamine groups is 1. The predicted octanol–water partition coefficient (Wildman–Crippen LogP) is 3.08. The number of anilines is 1. The maximum atomic E-state index is 13.3. The Morgan fingerprint density at radius 2 is 2.30 bits per heavy atom. The number of pyridine rings is 1. The molecule has 2 heterocycles. The van der Waals surface area contributed by atoms with Crippen molar-refractivity contribution in [2.45, 2.75) is 19.0 Å². The molecule has 2 aromatic rings. The summed E-state index contributed by atoms with van der Waals surface area (Å²) in [5.41, 5.74) is 3.12. The molecule has 0 aliphatic carbocycles. The Balaban J connectivity index is 1.56. The molecular formula is C19H20ClFN4O2. The standard InChI is InChI=1S/C19H20ClFN4O2/c20-17-9-13(4-5-18(26)24-27)10-22-19(17)23-16-6-7-25(12-16)11-14-2-1-3-15(21)8-14/h1-5,8-10,16,27H,6-7,11-12H2,(H,22,23)(H,24,26)/b5-4+/t16-/m1/s1. The fourth-order valence-electron chi connectivity index (χ4n) is 3.04. The number of hydrogen-bond acceptors (Lipinski definition) is 5. The number of aromatic nitrogens is 1. The minimum atomic E-state index is -0.627. The normalized spacial score (nSPS) is 17.4. The van der Waals surface area contributed by atoms with Crippen LogP contribution in [0.25, 0.3) is 6.08 Å². The highest BCUT2D eigenvalue weighted by atomic mass is 35.5. The van der Waals surface area contributed by atoms with E-state index in [4.69, 9.17) is 16.8 Å². The second-order valence-corrected chi connectivity index (χ2v) is 6.81. The number of rotatable bonds is 6. The molecule has 27 heavy (non-hydrogen) atoms. The molecule has 1 aromatic heterocycles. The third kappa shape index (κ3) is 5.50. The molecule has 8 heteroatoms. The molecule has 1 atom stereocenters. The van der Waals surface area contributed by atoms with Gasteiger partial charge >= 0.3 is 0 Å². The quantitative estimate of drug-likeness (QED) is 0.401. The smallest absolute Gasteiger partial charge is 0.267 e. The van der Waals surface area contributed by atoms with Gasteiger partial charge in [-0.3, -0.25) is 14.9 Å². The van der Waals surface area contributed by atoms with Crippen LogP contribution < -0.4 is 10.8 Å². The van der Waals surface area contributed by atoms with Crippen molar-refractivity contribution in [3.8, 4) is 0 Å². The van der Waals surface area contributed by atoms with Crippen molar-refractivity contribution in [1.29, 1.82) is 0 Å². The third-order valence-corrected chi connectivity index (χ3v) is 4.60. The van der Waals surface area contributed by atoms with Gasteiger partial charge in [0.05, 0.1) is 5.02 Å². The highest BCUT2D eigenvalue weighted by Gasteiger charge is 2.23. The largest absolute Gasteiger partial charge is 0.365 e. The molecule has 3 rings (SSSR count). The molecule has 1 aromatic carbocycles. The Bertz CT molecular complexity index is 846. The number of nitrogens with one attached hydrogen (secondary N) is 2. The van der Waals surface area contributed by atoms with Crippen molar-refractivity contribution in [3.05, 3.63) is 64.6 Å². The fraction of sp³-hybridized carbons (Fsp3) is 0.263. The molecule has 0 spiro atoms. The Kier molecular flexibility index (Phi) is 6.39. The Morgan fingerprint density at radius 3 is 3.04 bits per heavy atom. The lowest BCUT2D eigenvalue weighted by atomic mass is 10.2. The van der Waals surface area contributed by atoms with Gasteiger partial charge < -0.3 is 5.32 Å². The van der Waals surface area contributed by atoms with Crippen LogP contribution in [0.1, 0.15) is 17.5 Å². The molecule has 1 aliphatic rings. The average molecular weight is 391 g/mol. The molecule has 0 radical (unpaired) electrons. The van der Waals surface area contributed by atoms with E-state index in [1.54, 1.807) is 24.4 Å². The van der Waals surface area contributed by atoms with Crippen LogP contribution in [0.5, 0.6) is 0 Å². The lowest BCUT2D eigenvalue weighted by Gasteiger charge is -2.17. The first-order valence-corrected chi connectivity index (χ1v) is 8.92. The minimum absolute atomic E-state index is 0.199. The van der Waals surface area contributed by atoms with E-state index in [0.717, 1.165) is 25.1 Å². The van der Waals surface area contributed by atoms with Crippen molar-refractivity contribution in [1.82, 2.24) is 15.4 Å². The Hall–Kier alpha value is -2.48. The Labute approximate surface area is 161 Å². The number of nitrogens with zero attached hydrogens (tertiary/aromatic N) is 2. The zero-order chi connectivity index (χ0) is 19.2. The molecule has 3 N–H and O–H groups in total. The fourth-order valence-corrected chi connectivity index (χ4v) is 3.27. The van der Waals surface area contributed by atoms with Crippen LogP contribution >= 0.6 is 11.6 Å². The van der Waals surface area contributed by atoms with E-state index in [-0.39, 0.29) is 11.9 Å². The summed E-state index contributed by atoms with van der Waals surface area (Å²) in [6, 6.07) is 8.54. The summed E-state index contributed by atoms with van der Waals surface area (Å²) in [5.74, 6) is -0.265. The predicted molar refractivity (Wildman–Crippen MR) is 102 cm³/mol. The molecule has 1 amide bonds. The molecular weight excluding hydrogens is 371 g/mol. The SMILES string of the molecule is O=C(/C=C/c1cnc(N[C@@H]2CCN(Cc3cccc(F)c3)C2)c(Cl)c1)NO. The van der Waals surface area contributed by atoms with E-state index < -0.39 is 5.91 Å². The number of likely N-dealkylation sites (tertiary alicyclic amines) is 1. The van der Waals surface area contributed by atoms with Crippen LogP contribution in [-0.4, -0.2) is 40.1 Å². The van der Waals surface area contributed by atoms with Crippen molar-refractivity contribution in [3.63, 3.8) is 0 Å². The lowest BCUT2D eigenvalue weighted by molar-refractivity contribution is -0.124. The van der Waals surface area contributed by atoms with E-state index in [9.17, 15) is 9.18 Å². The Morgan fingerprint density at radius 1 is 1.44 bits per heavy atom. The molecule has 6 nitrogen and oxygen atoms in total. The van der Waals surface area contributed by atoms with Gasteiger partial charge in [-0.2, -0.15) is 0 Å². The summed E-state index contributed by atoms with van der Waals surface area (Å²) in [6.45, 7) is 2.42. The minimum Gasteiger partial charge on any atom is -0.365 e. The second kappa shape index (κ2) is 8.94. The monoisotopic (exact) mass is 390 g/mol. The van der Waals surface area contributed by atoms with E-state index in [0.29, 0.717) is 22.9 Å². The topological polar surface area (TPSA) is 77.5 Å². The summed E-state index contributed by atoms with van der Waals surface area (Å²) < 4.78 is 13.3. The third-order valence-electron chi connectivity index (χ3n) is 4.31. The molecule has 1 fully saturated rings. The van der Waals surface area contributed by atoms with Gasteiger partial charge in [0.1, 0.15) is 11.6 Å². The molecule has 142 valence electrons. The van der Waals surface area contributed by atoms with Crippen molar-refractivity contribution < 1.29 is 14.4 Å². The first-order chi connectivity index (χ1) is 13.0. The molecule has 0 unspecified atom stereocenters. The molecule has 1 saturated heterocycles. The summed E-state index contributed by atoms with van der Waals surface area (Å²) in [4.78, 5) is 17.6. The summed E-state index contributed by atoms with van der Waals surface area (Å²) in [7, 11) is 0. The van der Waals surface area contributed by atoms with Gasteiger partial charge in [0, 0.05) is 37.9 Å². The van der Waals surface area contributed by atoms with E-state index in [1.807, 2.05) is 6.07 Å². The van der Waals surface area contributed by atoms with Gasteiger partial charge in [-0.25, -0.2) is 14.9 Å². The van der Waals surface area contributed by atoms with Crippen LogP contribution in [0.4, 0.5) is 10.2 Å². The van der Waals surface area contributed by atoms with Crippen LogP contribution in [0.15, 0.2) is 42.6 Å². The van der Waals surface area contributed by atoms with Crippen molar-refractivity contribution in [2.24, 2.45) is 0 Å². The van der Waals surface area contributed by atoms with Gasteiger partial charge in [-0.15, -0.1) is 0 Å². The van der Waals surface area contributed by atoms with Crippen LogP contribution in [0.3, 0.4) is 0 Å². The van der Waals surface area contributed by atoms with Gasteiger partial charge in [0.25, 0.3) is 5.91 Å². The lowest BCUT2D eigenvalue weighted by Crippen LogP contribution is -2.26. The zero-order valence-corrected chi connectivity index (χ0v) is 15.3. The number of hydrogen-bond donors (Lipinski definition) is 3. The van der Waals surface area contributed by atoms with Crippen molar-refractivity contribution >= 4 is 29.4 Å². The number of halogens is 2. The van der Waals surface area contributed by atoms with Crippen molar-refractivity contribution in [2.75, 3.05) is 18.4 Å². The van der Waals surface area contributed by atoms with Crippen LogP contribution in [0.2, 0.25) is 5.02 Å². The summed E-state index contributed by atoms with van der Waals surface area (Å²) in [5, 5.41) is 12.3. The van der Waals surface area contributed by atoms with Gasteiger partial charge in [-0.05, 0) is 41.8 Å². The summed E-state index contributed by atoms with van der Waals surface area (Å²) >= 11 is 6.28. The maximum Gasteiger partial charge on any atom is 0.267 e. The molecule has 0 bridgehead atoms. The first kappa shape index (κ1) is 19.3.